The van der Waals surface area contributed by atoms with Crippen molar-refractivity contribution in [2.75, 3.05) is 6.67 Å². The predicted octanol–water partition coefficient (Wildman–Crippen LogP) is 3.34. The van der Waals surface area contributed by atoms with Crippen LogP contribution in [0.25, 0.3) is 11.3 Å². The van der Waals surface area contributed by atoms with Crippen molar-refractivity contribution < 1.29 is 4.39 Å². The van der Waals surface area contributed by atoms with Gasteiger partial charge in [0.15, 0.2) is 0 Å². The van der Waals surface area contributed by atoms with Crippen molar-refractivity contribution in [2.45, 2.75) is 20.4 Å². The van der Waals surface area contributed by atoms with Gasteiger partial charge in [-0.2, -0.15) is 0 Å². The summed E-state index contributed by atoms with van der Waals surface area (Å²) < 4.78 is 13.4. The highest BCUT2D eigenvalue weighted by atomic mass is 19.1. The minimum absolute atomic E-state index is 0.181. The van der Waals surface area contributed by atoms with Crippen LogP contribution in [0.3, 0.4) is 0 Å². The maximum Gasteiger partial charge on any atom is 0.126 e. The van der Waals surface area contributed by atoms with E-state index in [4.69, 9.17) is 4.98 Å². The van der Waals surface area contributed by atoms with Gasteiger partial charge in [0.2, 0.25) is 0 Å². The Balaban J connectivity index is 1.92. The molecule has 3 nitrogen and oxygen atoms in total. The van der Waals surface area contributed by atoms with E-state index in [1.54, 1.807) is 13.0 Å². The second-order valence-electron chi connectivity index (χ2n) is 5.35. The summed E-state index contributed by atoms with van der Waals surface area (Å²) in [7, 11) is 0. The topological polar surface area (TPSA) is 28.2 Å². The van der Waals surface area contributed by atoms with Crippen LogP contribution < -0.4 is 5.32 Å². The van der Waals surface area contributed by atoms with Gasteiger partial charge in [0, 0.05) is 18.0 Å². The molecule has 21 heavy (non-hydrogen) atoms. The van der Waals surface area contributed by atoms with Crippen LogP contribution in [-0.2, 0) is 6.54 Å². The monoisotopic (exact) mass is 283 g/mol. The van der Waals surface area contributed by atoms with Gasteiger partial charge in [0.05, 0.1) is 24.6 Å². The van der Waals surface area contributed by atoms with E-state index < -0.39 is 0 Å². The van der Waals surface area contributed by atoms with Gasteiger partial charge in [-0.25, -0.2) is 4.39 Å². The summed E-state index contributed by atoms with van der Waals surface area (Å²) >= 11 is 0. The van der Waals surface area contributed by atoms with Crippen LogP contribution in [0.1, 0.15) is 16.8 Å². The molecule has 0 aliphatic carbocycles. The van der Waals surface area contributed by atoms with Gasteiger partial charge in [-0.1, -0.05) is 6.07 Å². The molecular weight excluding hydrogens is 265 g/mol. The molecule has 1 aliphatic rings. The summed E-state index contributed by atoms with van der Waals surface area (Å²) in [5.74, 6) is -0.181. The molecule has 2 heterocycles. The van der Waals surface area contributed by atoms with Gasteiger partial charge in [-0.3, -0.25) is 4.98 Å². The Morgan fingerprint density at radius 1 is 1.19 bits per heavy atom. The lowest BCUT2D eigenvalue weighted by Gasteiger charge is -2.16. The first-order valence-corrected chi connectivity index (χ1v) is 7.00. The molecule has 0 amide bonds. The fourth-order valence-electron chi connectivity index (χ4n) is 2.38. The highest BCUT2D eigenvalue weighted by molar-refractivity contribution is 5.60. The molecule has 2 aromatic rings. The fourth-order valence-corrected chi connectivity index (χ4v) is 2.38. The first-order valence-electron chi connectivity index (χ1n) is 7.00. The van der Waals surface area contributed by atoms with Gasteiger partial charge in [-0.15, -0.1) is 0 Å². The van der Waals surface area contributed by atoms with Crippen LogP contribution >= 0.6 is 0 Å². The number of aromatic nitrogens is 1. The Kier molecular flexibility index (Phi) is 3.60. The first-order chi connectivity index (χ1) is 10.1. The molecule has 1 aromatic carbocycles. The molecule has 0 saturated heterocycles. The molecule has 1 aromatic heterocycles. The number of hydrogen-bond acceptors (Lipinski definition) is 3. The van der Waals surface area contributed by atoms with Crippen LogP contribution in [0.4, 0.5) is 4.39 Å². The quantitative estimate of drug-likeness (QED) is 0.936. The van der Waals surface area contributed by atoms with E-state index >= 15 is 0 Å². The number of nitrogens with zero attached hydrogens (tertiary/aromatic N) is 2. The van der Waals surface area contributed by atoms with Crippen molar-refractivity contribution in [2.24, 2.45) is 0 Å². The third kappa shape index (κ3) is 2.89. The molecule has 0 fully saturated rings. The van der Waals surface area contributed by atoms with E-state index in [1.807, 2.05) is 24.5 Å². The van der Waals surface area contributed by atoms with E-state index in [1.165, 1.54) is 6.07 Å². The third-order valence-electron chi connectivity index (χ3n) is 3.71. The van der Waals surface area contributed by atoms with Gasteiger partial charge in [0.1, 0.15) is 5.82 Å². The second-order valence-corrected chi connectivity index (χ2v) is 5.35. The SMILES string of the molecule is Cc1cc(-c2ccc(C)c(CN3C=CNC3)n2)ccc1F. The van der Waals surface area contributed by atoms with Gasteiger partial charge in [-0.05, 0) is 49.2 Å². The highest BCUT2D eigenvalue weighted by Gasteiger charge is 2.10. The predicted molar refractivity (Wildman–Crippen MR) is 81.8 cm³/mol. The van der Waals surface area contributed by atoms with Crippen molar-refractivity contribution in [3.05, 3.63) is 65.4 Å². The molecule has 4 heteroatoms. The number of pyridine rings is 1. The summed E-state index contributed by atoms with van der Waals surface area (Å²) in [6.07, 6.45) is 3.96. The molecule has 1 aliphatic heterocycles. The van der Waals surface area contributed by atoms with E-state index in [9.17, 15) is 4.39 Å². The normalized spacial score (nSPS) is 13.6. The van der Waals surface area contributed by atoms with Crippen LogP contribution in [0.15, 0.2) is 42.7 Å². The Bertz CT molecular complexity index is 694. The maximum atomic E-state index is 13.4. The summed E-state index contributed by atoms with van der Waals surface area (Å²) in [5, 5.41) is 3.15. The first kappa shape index (κ1) is 13.6. The van der Waals surface area contributed by atoms with Gasteiger partial charge < -0.3 is 10.2 Å². The van der Waals surface area contributed by atoms with E-state index in [-0.39, 0.29) is 5.82 Å². The molecule has 0 unspecified atom stereocenters. The van der Waals surface area contributed by atoms with Gasteiger partial charge >= 0.3 is 0 Å². The van der Waals surface area contributed by atoms with Crippen molar-refractivity contribution in [1.29, 1.82) is 0 Å². The standard InChI is InChI=1S/C17H18FN3/c1-12-3-6-16(14-4-5-15(18)13(2)9-14)20-17(12)10-21-8-7-19-11-21/h3-9,19H,10-11H2,1-2H3. The van der Waals surface area contributed by atoms with Gasteiger partial charge in [0.25, 0.3) is 0 Å². The number of hydrogen-bond donors (Lipinski definition) is 1. The minimum Gasteiger partial charge on any atom is -0.373 e. The van der Waals surface area contributed by atoms with Crippen molar-refractivity contribution in [3.63, 3.8) is 0 Å². The Morgan fingerprint density at radius 2 is 2.05 bits per heavy atom. The number of nitrogens with one attached hydrogen (secondary N) is 1. The highest BCUT2D eigenvalue weighted by Crippen LogP contribution is 2.22. The van der Waals surface area contributed by atoms with Crippen LogP contribution in [0.2, 0.25) is 0 Å². The van der Waals surface area contributed by atoms with Crippen molar-refractivity contribution >= 4 is 0 Å². The zero-order valence-corrected chi connectivity index (χ0v) is 12.2. The number of rotatable bonds is 3. The average Bonchev–Trinajstić information content (AvgIpc) is 2.97. The summed E-state index contributed by atoms with van der Waals surface area (Å²) in [6, 6.07) is 9.18. The largest absolute Gasteiger partial charge is 0.373 e. The molecule has 1 N–H and O–H groups in total. The average molecular weight is 283 g/mol. The Hall–Kier alpha value is -2.36. The molecule has 108 valence electrons. The maximum absolute atomic E-state index is 13.4. The van der Waals surface area contributed by atoms with E-state index in [0.29, 0.717) is 5.56 Å². The smallest absolute Gasteiger partial charge is 0.126 e. The molecule has 0 spiro atoms. The van der Waals surface area contributed by atoms with Crippen LogP contribution in [-0.4, -0.2) is 16.6 Å². The zero-order chi connectivity index (χ0) is 14.8. The molecular formula is C17H18FN3. The molecule has 0 radical (unpaired) electrons. The lowest BCUT2D eigenvalue weighted by molar-refractivity contribution is 0.379. The van der Waals surface area contributed by atoms with Crippen molar-refractivity contribution in [3.8, 4) is 11.3 Å². The lowest BCUT2D eigenvalue weighted by Crippen LogP contribution is -2.21. The minimum atomic E-state index is -0.181. The molecule has 0 saturated carbocycles. The molecule has 0 atom stereocenters. The van der Waals surface area contributed by atoms with Crippen LogP contribution in [0.5, 0.6) is 0 Å². The summed E-state index contributed by atoms with van der Waals surface area (Å²) in [4.78, 5) is 6.91. The number of halogens is 1. The molecule has 3 rings (SSSR count). The fraction of sp³-hybridized carbons (Fsp3) is 0.235. The molecule has 0 bridgehead atoms. The lowest BCUT2D eigenvalue weighted by atomic mass is 10.1. The Labute approximate surface area is 124 Å². The van der Waals surface area contributed by atoms with Crippen molar-refractivity contribution in [1.82, 2.24) is 15.2 Å². The number of aryl methyl sites for hydroxylation is 2. The number of benzene rings is 1. The zero-order valence-electron chi connectivity index (χ0n) is 12.2. The van der Waals surface area contributed by atoms with E-state index in [2.05, 4.69) is 23.2 Å². The van der Waals surface area contributed by atoms with Crippen LogP contribution in [0, 0.1) is 19.7 Å². The summed E-state index contributed by atoms with van der Waals surface area (Å²) in [6.45, 7) is 5.41. The summed E-state index contributed by atoms with van der Waals surface area (Å²) in [5.41, 5.74) is 4.68. The second kappa shape index (κ2) is 5.56. The Morgan fingerprint density at radius 3 is 2.76 bits per heavy atom. The third-order valence-corrected chi connectivity index (χ3v) is 3.71. The van der Waals surface area contributed by atoms with E-state index in [0.717, 1.165) is 35.7 Å².